The number of nitrogens with zero attached hydrogens (tertiary/aromatic N) is 2. The lowest BCUT2D eigenvalue weighted by Gasteiger charge is -2.40. The minimum Gasteiger partial charge on any atom is -0.507 e. The lowest BCUT2D eigenvalue weighted by Crippen LogP contribution is -2.46. The minimum atomic E-state index is -2.07. The SMILES string of the molecule is CO[C@H]1/C=C/O[C@@]2(C)Oc3c(C)c(O)c4c(O)c(c5c(c4c3C2=O)=NC2(C[C@@H](c3ccc(F)cc3)N[C@@H](c3ccc(F)cc3)C2)N=5)NC(=O)/C(C)=C\C=C\[C@H](C)[C@H](O)[C@@H](C)[C@@H](O)[C@@H](C)[C@H](OC(C)=O)[C@@H]1C. The number of amides is 1. The number of carbonyl (C=O) groups is 3. The van der Waals surface area contributed by atoms with Crippen LogP contribution >= 0.6 is 0 Å². The molecule has 4 heterocycles. The number of aliphatic hydroxyl groups excluding tert-OH is 2. The molecular weight excluding hydrogens is 919 g/mol. The van der Waals surface area contributed by atoms with Gasteiger partial charge in [0.15, 0.2) is 11.4 Å². The number of phenolic OH excluding ortho intramolecular Hbond substituents is 2. The van der Waals surface area contributed by atoms with E-state index in [1.54, 1.807) is 64.1 Å². The number of benzene rings is 4. The maximum Gasteiger partial charge on any atom is 0.312 e. The Morgan fingerprint density at radius 1 is 0.817 bits per heavy atom. The van der Waals surface area contributed by atoms with Crippen LogP contribution in [-0.4, -0.2) is 81.1 Å². The molecule has 4 aromatic rings. The Hall–Kier alpha value is -6.53. The number of carbonyl (C=O) groups excluding carboxylic acids is 3. The predicted octanol–water partition coefficient (Wildman–Crippen LogP) is 7.14. The Bertz CT molecular complexity index is 2940. The van der Waals surface area contributed by atoms with Crippen LogP contribution in [0.4, 0.5) is 14.5 Å². The van der Waals surface area contributed by atoms with Crippen LogP contribution in [0.3, 0.4) is 0 Å². The molecule has 4 aliphatic heterocycles. The lowest BCUT2D eigenvalue weighted by molar-refractivity contribution is -0.160. The Morgan fingerprint density at radius 3 is 1.99 bits per heavy atom. The molecule has 4 aliphatic rings. The molecule has 12 atom stereocenters. The zero-order chi connectivity index (χ0) is 51.4. The van der Waals surface area contributed by atoms with Gasteiger partial charge in [-0.15, -0.1) is 0 Å². The number of phenols is 2. The van der Waals surface area contributed by atoms with E-state index in [0.717, 1.165) is 0 Å². The summed E-state index contributed by atoms with van der Waals surface area (Å²) in [6, 6.07) is 10.9. The van der Waals surface area contributed by atoms with Crippen LogP contribution in [0.1, 0.15) is 100 Å². The van der Waals surface area contributed by atoms with Crippen molar-refractivity contribution in [2.24, 2.45) is 33.7 Å². The number of fused-ring (bicyclic) bond motifs is 1. The quantitative estimate of drug-likeness (QED) is 0.0889. The van der Waals surface area contributed by atoms with E-state index in [9.17, 15) is 38.8 Å². The van der Waals surface area contributed by atoms with Crippen molar-refractivity contribution in [1.29, 1.82) is 0 Å². The summed E-state index contributed by atoms with van der Waals surface area (Å²) in [5.41, 5.74) is -0.0444. The monoisotopic (exact) mass is 978 g/mol. The number of methoxy groups -OCH3 is 1. The number of allylic oxidation sites excluding steroid dienone is 2. The third-order valence-corrected chi connectivity index (χ3v) is 14.6. The summed E-state index contributed by atoms with van der Waals surface area (Å²) >= 11 is 0. The van der Waals surface area contributed by atoms with Crippen molar-refractivity contribution in [3.8, 4) is 17.2 Å². The van der Waals surface area contributed by atoms with Crippen molar-refractivity contribution in [1.82, 2.24) is 5.32 Å². The van der Waals surface area contributed by atoms with Gasteiger partial charge in [0.2, 0.25) is 0 Å². The molecule has 1 amide bonds. The number of esters is 1. The number of piperidine rings is 1. The van der Waals surface area contributed by atoms with Gasteiger partial charge in [-0.05, 0) is 55.3 Å². The summed E-state index contributed by atoms with van der Waals surface area (Å²) in [7, 11) is 1.44. The maximum atomic E-state index is 15.0. The first-order chi connectivity index (χ1) is 33.6. The normalized spacial score (nSPS) is 32.7. The molecule has 71 heavy (non-hydrogen) atoms. The number of nitrogens with one attached hydrogen (secondary N) is 2. The van der Waals surface area contributed by atoms with E-state index in [-0.39, 0.29) is 62.5 Å². The van der Waals surface area contributed by atoms with E-state index in [2.05, 4.69) is 10.6 Å². The van der Waals surface area contributed by atoms with Crippen molar-refractivity contribution in [3.05, 3.63) is 129 Å². The summed E-state index contributed by atoms with van der Waals surface area (Å²) < 4.78 is 52.7. The molecule has 0 aliphatic carbocycles. The smallest absolute Gasteiger partial charge is 0.312 e. The second-order valence-electron chi connectivity index (χ2n) is 19.5. The number of rotatable bonds is 4. The molecule has 1 unspecified atom stereocenters. The molecule has 1 spiro atoms. The van der Waals surface area contributed by atoms with Crippen molar-refractivity contribution >= 4 is 34.1 Å². The van der Waals surface area contributed by atoms with Crippen LogP contribution in [0.2, 0.25) is 0 Å². The molecule has 17 heteroatoms. The van der Waals surface area contributed by atoms with E-state index in [0.29, 0.717) is 11.1 Å². The van der Waals surface area contributed by atoms with Gasteiger partial charge in [0.1, 0.15) is 40.3 Å². The molecule has 1 fully saturated rings. The number of hydrogen-bond donors (Lipinski definition) is 6. The minimum absolute atomic E-state index is 0.00390. The molecule has 8 rings (SSSR count). The highest BCUT2D eigenvalue weighted by atomic mass is 19.1. The molecule has 0 aromatic heterocycles. The lowest BCUT2D eigenvalue weighted by atomic mass is 9.78. The van der Waals surface area contributed by atoms with Crippen LogP contribution in [0.25, 0.3) is 10.8 Å². The standard InChI is InChI=1S/C54H60F2N4O11/c1-25-11-10-12-26(2)52(67)58-44-43-42(59-54(60-43)23-36(32-13-17-34(55)18-14-32)57-37(24-54)33-15-19-35(56)20-16-33)39-40(48(44)65)47(64)30(6)50-41(39)51(66)53(8,71-50)69-22-21-38(68-9)27(3)49(70-31(7)61)29(5)46(63)28(4)45(25)62/h10-22,25,27-29,36-38,45-46,49,57,62-65H,23-24H2,1-9H3,(H,58,67)/b11-10+,22-21+,26-12-/t25-,27+,28+,29+,36-,37+,38-,45-,46+,49+,53-,54?/m0/s1. The third-order valence-electron chi connectivity index (χ3n) is 14.6. The molecule has 0 saturated carbocycles. The highest BCUT2D eigenvalue weighted by molar-refractivity contribution is 6.19. The first-order valence-electron chi connectivity index (χ1n) is 23.7. The zero-order valence-corrected chi connectivity index (χ0v) is 41.0. The summed E-state index contributed by atoms with van der Waals surface area (Å²) in [5.74, 6) is -8.67. The predicted molar refractivity (Wildman–Crippen MR) is 258 cm³/mol. The highest BCUT2D eigenvalue weighted by Crippen LogP contribution is 2.51. The number of Topliss-reactive ketones (excluding diaryl/α,β-unsaturated/α-hetero) is 1. The van der Waals surface area contributed by atoms with Crippen molar-refractivity contribution in [2.75, 3.05) is 12.4 Å². The summed E-state index contributed by atoms with van der Waals surface area (Å²) in [5, 5.41) is 53.8. The van der Waals surface area contributed by atoms with Gasteiger partial charge in [-0.25, -0.2) is 8.78 Å². The topological polar surface area (TPSA) is 218 Å². The van der Waals surface area contributed by atoms with Gasteiger partial charge < -0.3 is 50.0 Å². The molecule has 1 saturated heterocycles. The molecule has 6 N–H and O–H groups in total. The first kappa shape index (κ1) is 50.8. The largest absolute Gasteiger partial charge is 0.507 e. The number of hydrogen-bond acceptors (Lipinski definition) is 14. The van der Waals surface area contributed by atoms with Gasteiger partial charge in [0.05, 0.1) is 40.9 Å². The highest BCUT2D eigenvalue weighted by Gasteiger charge is 2.51. The number of anilines is 1. The first-order valence-corrected chi connectivity index (χ1v) is 23.7. The third kappa shape index (κ3) is 9.43. The average molecular weight is 979 g/mol. The molecule has 0 radical (unpaired) electrons. The van der Waals surface area contributed by atoms with Gasteiger partial charge in [-0.1, -0.05) is 70.2 Å². The molecular formula is C54H60F2N4O11. The maximum absolute atomic E-state index is 15.0. The Morgan fingerprint density at radius 2 is 1.41 bits per heavy atom. The number of ether oxygens (including phenoxy) is 4. The van der Waals surface area contributed by atoms with Gasteiger partial charge in [0, 0.05) is 86.1 Å². The van der Waals surface area contributed by atoms with E-state index in [1.165, 1.54) is 77.5 Å². The van der Waals surface area contributed by atoms with Crippen LogP contribution in [-0.2, 0) is 23.8 Å². The Kier molecular flexibility index (Phi) is 14.0. The second kappa shape index (κ2) is 19.6. The van der Waals surface area contributed by atoms with Gasteiger partial charge in [-0.2, -0.15) is 0 Å². The molecule has 15 nitrogen and oxygen atoms in total. The van der Waals surface area contributed by atoms with Crippen LogP contribution < -0.4 is 26.1 Å². The van der Waals surface area contributed by atoms with Crippen LogP contribution in [0, 0.1) is 42.2 Å². The summed E-state index contributed by atoms with van der Waals surface area (Å²) in [4.78, 5) is 52.3. The number of aliphatic hydroxyl groups is 2. The zero-order valence-electron chi connectivity index (χ0n) is 41.0. The van der Waals surface area contributed by atoms with E-state index >= 15 is 4.79 Å². The van der Waals surface area contributed by atoms with E-state index < -0.39 is 112 Å². The fraction of sp³-hybridized carbons (Fsp3) is 0.426. The van der Waals surface area contributed by atoms with Gasteiger partial charge >= 0.3 is 11.8 Å². The number of halogens is 2. The fourth-order valence-corrected chi connectivity index (χ4v) is 10.5. The second-order valence-corrected chi connectivity index (χ2v) is 19.5. The molecule has 376 valence electrons. The number of aromatic hydroxyl groups is 2. The molecule has 4 aromatic carbocycles. The van der Waals surface area contributed by atoms with Crippen molar-refractivity contribution in [3.63, 3.8) is 0 Å². The van der Waals surface area contributed by atoms with Crippen LogP contribution in [0.5, 0.6) is 17.2 Å². The van der Waals surface area contributed by atoms with Gasteiger partial charge in [-0.3, -0.25) is 24.4 Å². The summed E-state index contributed by atoms with van der Waals surface area (Å²) in [6.45, 7) is 12.6. The van der Waals surface area contributed by atoms with Crippen molar-refractivity contribution in [2.45, 2.75) is 116 Å². The average Bonchev–Trinajstić information content (AvgIpc) is 3.83. The van der Waals surface area contributed by atoms with Crippen molar-refractivity contribution < 1.29 is 62.5 Å². The molecule has 4 bridgehead atoms. The van der Waals surface area contributed by atoms with Gasteiger partial charge in [0.25, 0.3) is 11.7 Å². The number of ketones is 1. The Balaban J connectivity index is 1.34. The van der Waals surface area contributed by atoms with E-state index in [1.807, 2.05) is 0 Å². The fourth-order valence-electron chi connectivity index (χ4n) is 10.5. The Labute approximate surface area is 409 Å². The van der Waals surface area contributed by atoms with E-state index in [4.69, 9.17) is 28.9 Å². The summed E-state index contributed by atoms with van der Waals surface area (Å²) in [6.07, 6.45) is 3.83. The van der Waals surface area contributed by atoms with Crippen LogP contribution in [0.15, 0.2) is 94.7 Å².